The zero-order valence-corrected chi connectivity index (χ0v) is 16.3. The lowest BCUT2D eigenvalue weighted by Crippen LogP contribution is -2.42. The van der Waals surface area contributed by atoms with Crippen molar-refractivity contribution in [3.8, 4) is 0 Å². The second-order valence-electron chi connectivity index (χ2n) is 7.75. The molecule has 0 spiro atoms. The molecule has 0 atom stereocenters. The second-order valence-corrected chi connectivity index (χ2v) is 7.75. The van der Waals surface area contributed by atoms with E-state index in [1.165, 1.54) is 12.1 Å². The average molecular weight is 373 g/mol. The fourth-order valence-corrected chi connectivity index (χ4v) is 4.05. The molecule has 1 amide bonds. The molecule has 1 aliphatic rings. The first-order chi connectivity index (χ1) is 12.9. The minimum absolute atomic E-state index is 0.00218. The number of halogens is 1. The summed E-state index contributed by atoms with van der Waals surface area (Å²) in [6.07, 6.45) is 4.32. The van der Waals surface area contributed by atoms with Crippen molar-refractivity contribution >= 4 is 5.91 Å². The lowest BCUT2D eigenvalue weighted by Gasteiger charge is -2.30. The van der Waals surface area contributed by atoms with Crippen molar-refractivity contribution in [2.45, 2.75) is 51.5 Å². The molecule has 0 saturated heterocycles. The Hall–Kier alpha value is -2.21. The topological polar surface area (TPSA) is 58.4 Å². The van der Waals surface area contributed by atoms with Gasteiger partial charge in [-0.1, -0.05) is 30.1 Å². The molecule has 2 aromatic rings. The first-order valence-electron chi connectivity index (χ1n) is 9.53. The van der Waals surface area contributed by atoms with Crippen LogP contribution in [0.15, 0.2) is 28.8 Å². The van der Waals surface area contributed by atoms with E-state index >= 15 is 0 Å². The Morgan fingerprint density at radius 3 is 2.52 bits per heavy atom. The van der Waals surface area contributed by atoms with E-state index in [-0.39, 0.29) is 17.1 Å². The Labute approximate surface area is 159 Å². The molecule has 5 nitrogen and oxygen atoms in total. The van der Waals surface area contributed by atoms with E-state index in [4.69, 9.17) is 4.52 Å². The van der Waals surface area contributed by atoms with Gasteiger partial charge >= 0.3 is 0 Å². The number of hydrogen-bond acceptors (Lipinski definition) is 4. The summed E-state index contributed by atoms with van der Waals surface area (Å²) in [6.45, 7) is 5.32. The van der Waals surface area contributed by atoms with E-state index in [0.717, 1.165) is 48.3 Å². The summed E-state index contributed by atoms with van der Waals surface area (Å²) in [5.74, 6) is 0.565. The van der Waals surface area contributed by atoms with Crippen LogP contribution in [0, 0.1) is 19.7 Å². The largest absolute Gasteiger partial charge is 0.361 e. The molecule has 27 heavy (non-hydrogen) atoms. The van der Waals surface area contributed by atoms with Crippen LogP contribution in [0.25, 0.3) is 0 Å². The molecular weight excluding hydrogens is 345 g/mol. The number of nitrogens with one attached hydrogen (secondary N) is 1. The Bertz CT molecular complexity index is 760. The summed E-state index contributed by atoms with van der Waals surface area (Å²) in [5.41, 5.74) is 2.93. The highest BCUT2D eigenvalue weighted by atomic mass is 19.1. The first kappa shape index (κ1) is 19.5. The molecule has 146 valence electrons. The maximum atomic E-state index is 13.3. The number of aryl methyl sites for hydroxylation is 2. The van der Waals surface area contributed by atoms with Crippen molar-refractivity contribution in [3.63, 3.8) is 0 Å². The monoisotopic (exact) mass is 373 g/mol. The van der Waals surface area contributed by atoms with Gasteiger partial charge in [-0.3, -0.25) is 9.69 Å². The molecule has 1 N–H and O–H groups in total. The second kappa shape index (κ2) is 8.21. The van der Waals surface area contributed by atoms with E-state index < -0.39 is 0 Å². The van der Waals surface area contributed by atoms with Gasteiger partial charge in [0.05, 0.1) is 12.2 Å². The highest BCUT2D eigenvalue weighted by Crippen LogP contribution is 2.40. The van der Waals surface area contributed by atoms with Crippen molar-refractivity contribution < 1.29 is 13.7 Å². The number of rotatable bonds is 7. The van der Waals surface area contributed by atoms with E-state index in [1.54, 1.807) is 0 Å². The summed E-state index contributed by atoms with van der Waals surface area (Å²) in [6, 6.07) is 6.73. The molecule has 3 rings (SSSR count). The van der Waals surface area contributed by atoms with Crippen LogP contribution in [0.2, 0.25) is 0 Å². The van der Waals surface area contributed by atoms with Gasteiger partial charge in [0, 0.05) is 24.1 Å². The van der Waals surface area contributed by atoms with Gasteiger partial charge in [-0.2, -0.15) is 0 Å². The normalized spacial score (nSPS) is 16.0. The lowest BCUT2D eigenvalue weighted by molar-refractivity contribution is -0.122. The highest BCUT2D eigenvalue weighted by molar-refractivity contribution is 5.78. The van der Waals surface area contributed by atoms with Crippen LogP contribution in [0.1, 0.15) is 48.3 Å². The molecule has 0 aliphatic heterocycles. The lowest BCUT2D eigenvalue weighted by atomic mass is 9.79. The number of hydrogen-bond donors (Lipinski definition) is 1. The van der Waals surface area contributed by atoms with Gasteiger partial charge in [-0.05, 0) is 51.4 Å². The molecule has 1 aromatic heterocycles. The van der Waals surface area contributed by atoms with Crippen LogP contribution in [0.3, 0.4) is 0 Å². The van der Waals surface area contributed by atoms with Gasteiger partial charge in [0.1, 0.15) is 11.6 Å². The summed E-state index contributed by atoms with van der Waals surface area (Å²) < 4.78 is 18.5. The number of carbonyl (C=O) groups is 1. The molecule has 1 aliphatic carbocycles. The van der Waals surface area contributed by atoms with E-state index in [2.05, 4.69) is 10.5 Å². The molecule has 1 heterocycles. The maximum Gasteiger partial charge on any atom is 0.234 e. The summed E-state index contributed by atoms with van der Waals surface area (Å²) in [5, 5.41) is 7.06. The van der Waals surface area contributed by atoms with Gasteiger partial charge in [-0.15, -0.1) is 0 Å². The number of amides is 1. The Balaban J connectivity index is 1.57. The van der Waals surface area contributed by atoms with E-state index in [0.29, 0.717) is 19.6 Å². The molecule has 0 unspecified atom stereocenters. The fourth-order valence-electron chi connectivity index (χ4n) is 4.05. The summed E-state index contributed by atoms with van der Waals surface area (Å²) in [4.78, 5) is 14.4. The van der Waals surface area contributed by atoms with Crippen LogP contribution in [-0.4, -0.2) is 36.1 Å². The SMILES string of the molecule is Cc1noc(C)c1CN(C)CC(=O)NCC1(c2ccc(F)cc2)CCCC1. The fraction of sp³-hybridized carbons (Fsp3) is 0.524. The number of benzene rings is 1. The molecule has 0 radical (unpaired) electrons. The minimum atomic E-state index is -0.225. The predicted octanol–water partition coefficient (Wildman–Crippen LogP) is 3.49. The quantitative estimate of drug-likeness (QED) is 0.807. The Kier molecular flexibility index (Phi) is 5.95. The highest BCUT2D eigenvalue weighted by Gasteiger charge is 2.35. The molecule has 0 bridgehead atoms. The first-order valence-corrected chi connectivity index (χ1v) is 9.53. The van der Waals surface area contributed by atoms with Crippen LogP contribution in [0.4, 0.5) is 4.39 Å². The smallest absolute Gasteiger partial charge is 0.234 e. The zero-order valence-electron chi connectivity index (χ0n) is 16.3. The van der Waals surface area contributed by atoms with Crippen molar-refractivity contribution in [2.24, 2.45) is 0 Å². The maximum absolute atomic E-state index is 13.3. The molecular formula is C21H28FN3O2. The Morgan fingerprint density at radius 1 is 1.26 bits per heavy atom. The van der Waals surface area contributed by atoms with E-state index in [1.807, 2.05) is 37.9 Å². The third-order valence-corrected chi connectivity index (χ3v) is 5.66. The van der Waals surface area contributed by atoms with Gasteiger partial charge in [-0.25, -0.2) is 4.39 Å². The van der Waals surface area contributed by atoms with Crippen LogP contribution >= 0.6 is 0 Å². The molecule has 6 heteroatoms. The van der Waals surface area contributed by atoms with Gasteiger partial charge < -0.3 is 9.84 Å². The molecule has 1 saturated carbocycles. The molecule has 1 aromatic carbocycles. The molecule has 1 fully saturated rings. The number of carbonyl (C=O) groups excluding carboxylic acids is 1. The number of likely N-dealkylation sites (N-methyl/N-ethyl adjacent to an activating group) is 1. The predicted molar refractivity (Wildman–Crippen MR) is 102 cm³/mol. The van der Waals surface area contributed by atoms with Crippen molar-refractivity contribution in [1.29, 1.82) is 0 Å². The van der Waals surface area contributed by atoms with Gasteiger partial charge in [0.25, 0.3) is 0 Å². The minimum Gasteiger partial charge on any atom is -0.361 e. The number of aromatic nitrogens is 1. The number of nitrogens with zero attached hydrogens (tertiary/aromatic N) is 2. The van der Waals surface area contributed by atoms with Crippen LogP contribution in [-0.2, 0) is 16.8 Å². The van der Waals surface area contributed by atoms with Gasteiger partial charge in [0.15, 0.2) is 0 Å². The van der Waals surface area contributed by atoms with Crippen molar-refractivity contribution in [2.75, 3.05) is 20.1 Å². The zero-order chi connectivity index (χ0) is 19.4. The van der Waals surface area contributed by atoms with Crippen LogP contribution in [0.5, 0.6) is 0 Å². The van der Waals surface area contributed by atoms with Crippen molar-refractivity contribution in [3.05, 3.63) is 52.7 Å². The average Bonchev–Trinajstić information content (AvgIpc) is 3.24. The van der Waals surface area contributed by atoms with Gasteiger partial charge in [0.2, 0.25) is 5.91 Å². The van der Waals surface area contributed by atoms with Crippen molar-refractivity contribution in [1.82, 2.24) is 15.4 Å². The third kappa shape index (κ3) is 4.56. The Morgan fingerprint density at radius 2 is 1.93 bits per heavy atom. The summed E-state index contributed by atoms with van der Waals surface area (Å²) >= 11 is 0. The van der Waals surface area contributed by atoms with Crippen LogP contribution < -0.4 is 5.32 Å². The third-order valence-electron chi connectivity index (χ3n) is 5.66. The summed E-state index contributed by atoms with van der Waals surface area (Å²) in [7, 11) is 1.91. The standard InChI is InChI=1S/C21H28FN3O2/c1-15-19(16(2)27-24-15)12-25(3)13-20(26)23-14-21(10-4-5-11-21)17-6-8-18(22)9-7-17/h6-9H,4-5,10-14H2,1-3H3,(H,23,26). The van der Waals surface area contributed by atoms with E-state index in [9.17, 15) is 9.18 Å².